The summed E-state index contributed by atoms with van der Waals surface area (Å²) in [5, 5.41) is 6.01. The molecule has 0 aromatic heterocycles. The second-order valence-corrected chi connectivity index (χ2v) is 6.41. The first-order chi connectivity index (χ1) is 13.1. The van der Waals surface area contributed by atoms with Gasteiger partial charge in [-0.3, -0.25) is 10.1 Å². The van der Waals surface area contributed by atoms with Crippen LogP contribution in [0.25, 0.3) is 0 Å². The maximum Gasteiger partial charge on any atom is 0.257 e. The molecule has 144 valence electrons. The predicted molar refractivity (Wildman–Crippen MR) is 116 cm³/mol. The highest BCUT2D eigenvalue weighted by Crippen LogP contribution is 2.18. The Morgan fingerprint density at radius 3 is 2.41 bits per heavy atom. The minimum Gasteiger partial charge on any atom is -0.494 e. The van der Waals surface area contributed by atoms with Crippen molar-refractivity contribution in [2.45, 2.75) is 27.2 Å². The van der Waals surface area contributed by atoms with Crippen molar-refractivity contribution in [3.8, 4) is 5.75 Å². The summed E-state index contributed by atoms with van der Waals surface area (Å²) in [5.41, 5.74) is 2.49. The predicted octanol–water partition coefficient (Wildman–Crippen LogP) is 4.45. The summed E-state index contributed by atoms with van der Waals surface area (Å²) in [6, 6.07) is 15.0. The zero-order valence-electron chi connectivity index (χ0n) is 16.1. The second kappa shape index (κ2) is 10.5. The highest BCUT2D eigenvalue weighted by Gasteiger charge is 2.09. The maximum atomic E-state index is 12.4. The van der Waals surface area contributed by atoms with Crippen LogP contribution in [-0.2, 0) is 0 Å². The molecule has 0 aliphatic rings. The summed E-state index contributed by atoms with van der Waals surface area (Å²) < 4.78 is 5.56. The van der Waals surface area contributed by atoms with Crippen LogP contribution in [-0.4, -0.2) is 30.7 Å². The van der Waals surface area contributed by atoms with Gasteiger partial charge in [0.05, 0.1) is 6.61 Å². The van der Waals surface area contributed by atoms with Crippen LogP contribution in [0.4, 0.5) is 11.4 Å². The van der Waals surface area contributed by atoms with Crippen molar-refractivity contribution in [3.05, 3.63) is 54.1 Å². The van der Waals surface area contributed by atoms with Gasteiger partial charge in [0.15, 0.2) is 5.11 Å². The molecule has 1 amide bonds. The van der Waals surface area contributed by atoms with E-state index in [1.807, 2.05) is 37.3 Å². The number of ether oxygens (including phenoxy) is 1. The minimum atomic E-state index is -0.269. The number of carbonyl (C=O) groups is 1. The molecule has 5 nitrogen and oxygen atoms in total. The molecule has 6 heteroatoms. The molecule has 0 atom stereocenters. The zero-order chi connectivity index (χ0) is 19.6. The molecule has 0 aliphatic carbocycles. The van der Waals surface area contributed by atoms with Crippen LogP contribution in [0.15, 0.2) is 48.5 Å². The van der Waals surface area contributed by atoms with Crippen LogP contribution >= 0.6 is 12.2 Å². The summed E-state index contributed by atoms with van der Waals surface area (Å²) in [6.45, 7) is 8.83. The van der Waals surface area contributed by atoms with Crippen LogP contribution < -0.4 is 20.3 Å². The van der Waals surface area contributed by atoms with Gasteiger partial charge in [-0.1, -0.05) is 13.0 Å². The Hall–Kier alpha value is -2.60. The van der Waals surface area contributed by atoms with Crippen LogP contribution in [0.2, 0.25) is 0 Å². The van der Waals surface area contributed by atoms with E-state index in [2.05, 4.69) is 29.4 Å². The lowest BCUT2D eigenvalue weighted by atomic mass is 10.2. The van der Waals surface area contributed by atoms with Crippen molar-refractivity contribution >= 4 is 34.6 Å². The largest absolute Gasteiger partial charge is 0.494 e. The summed E-state index contributed by atoms with van der Waals surface area (Å²) >= 11 is 5.26. The Bertz CT molecular complexity index is 758. The van der Waals surface area contributed by atoms with Crippen molar-refractivity contribution in [1.29, 1.82) is 0 Å². The first-order valence-corrected chi connectivity index (χ1v) is 9.68. The minimum absolute atomic E-state index is 0.260. The van der Waals surface area contributed by atoms with E-state index in [1.165, 1.54) is 0 Å². The Kier molecular flexibility index (Phi) is 8.07. The van der Waals surface area contributed by atoms with Crippen LogP contribution in [0, 0.1) is 0 Å². The Labute approximate surface area is 166 Å². The topological polar surface area (TPSA) is 53.6 Å². The fraction of sp³-hybridized carbons (Fsp3) is 0.333. The number of hydrogen-bond donors (Lipinski definition) is 2. The zero-order valence-corrected chi connectivity index (χ0v) is 16.9. The van der Waals surface area contributed by atoms with Gasteiger partial charge in [0.2, 0.25) is 0 Å². The third-order valence-electron chi connectivity index (χ3n) is 4.05. The number of hydrogen-bond acceptors (Lipinski definition) is 4. The van der Waals surface area contributed by atoms with E-state index in [0.717, 1.165) is 30.9 Å². The van der Waals surface area contributed by atoms with Crippen molar-refractivity contribution in [2.75, 3.05) is 29.9 Å². The maximum absolute atomic E-state index is 12.4. The van der Waals surface area contributed by atoms with Gasteiger partial charge in [-0.15, -0.1) is 0 Å². The molecule has 0 spiro atoms. The SMILES string of the molecule is CCCOc1cccc(C(=O)NC(=S)Nc2ccc(N(CC)CC)cc2)c1. The fourth-order valence-corrected chi connectivity index (χ4v) is 2.84. The average Bonchev–Trinajstić information content (AvgIpc) is 2.68. The number of rotatable bonds is 8. The Morgan fingerprint density at radius 1 is 1.07 bits per heavy atom. The van der Waals surface area contributed by atoms with Gasteiger partial charge in [-0.05, 0) is 75.0 Å². The number of nitrogens with one attached hydrogen (secondary N) is 2. The second-order valence-electron chi connectivity index (χ2n) is 6.00. The number of amides is 1. The smallest absolute Gasteiger partial charge is 0.257 e. The molecule has 0 bridgehead atoms. The van der Waals surface area contributed by atoms with Crippen molar-refractivity contribution in [2.24, 2.45) is 0 Å². The number of nitrogens with zero attached hydrogens (tertiary/aromatic N) is 1. The van der Waals surface area contributed by atoms with E-state index in [9.17, 15) is 4.79 Å². The van der Waals surface area contributed by atoms with E-state index in [-0.39, 0.29) is 11.0 Å². The number of benzene rings is 2. The van der Waals surface area contributed by atoms with E-state index in [1.54, 1.807) is 18.2 Å². The first kappa shape index (κ1) is 20.7. The van der Waals surface area contributed by atoms with Gasteiger partial charge in [-0.2, -0.15) is 0 Å². The van der Waals surface area contributed by atoms with E-state index >= 15 is 0 Å². The number of thiocarbonyl (C=S) groups is 1. The van der Waals surface area contributed by atoms with Gasteiger partial charge in [0.25, 0.3) is 5.91 Å². The average molecular weight is 386 g/mol. The molecule has 2 rings (SSSR count). The highest BCUT2D eigenvalue weighted by molar-refractivity contribution is 7.80. The third kappa shape index (κ3) is 6.25. The van der Waals surface area contributed by atoms with E-state index < -0.39 is 0 Å². The molecule has 0 saturated heterocycles. The van der Waals surface area contributed by atoms with Crippen molar-refractivity contribution in [3.63, 3.8) is 0 Å². The van der Waals surface area contributed by atoms with Gasteiger partial charge < -0.3 is 15.0 Å². The van der Waals surface area contributed by atoms with Gasteiger partial charge in [-0.25, -0.2) is 0 Å². The molecule has 0 aliphatic heterocycles. The van der Waals surface area contributed by atoms with E-state index in [4.69, 9.17) is 17.0 Å². The molecule has 2 N–H and O–H groups in total. The van der Waals surface area contributed by atoms with Crippen LogP contribution in [0.3, 0.4) is 0 Å². The summed E-state index contributed by atoms with van der Waals surface area (Å²) in [5.74, 6) is 0.407. The fourth-order valence-electron chi connectivity index (χ4n) is 2.63. The van der Waals surface area contributed by atoms with E-state index in [0.29, 0.717) is 17.9 Å². The summed E-state index contributed by atoms with van der Waals surface area (Å²) in [7, 11) is 0. The molecule has 0 fully saturated rings. The molecular formula is C21H27N3O2S. The number of anilines is 2. The third-order valence-corrected chi connectivity index (χ3v) is 4.25. The van der Waals surface area contributed by atoms with Gasteiger partial charge in [0.1, 0.15) is 5.75 Å². The molecule has 0 unspecified atom stereocenters. The standard InChI is InChI=1S/C21H27N3O2S/c1-4-14-26-19-9-7-8-16(15-19)20(25)23-21(27)22-17-10-12-18(13-11-17)24(5-2)6-3/h7-13,15H,4-6,14H2,1-3H3,(H2,22,23,25,27). The summed E-state index contributed by atoms with van der Waals surface area (Å²) in [6.07, 6.45) is 0.914. The Morgan fingerprint density at radius 2 is 1.78 bits per heavy atom. The molecule has 2 aromatic carbocycles. The summed E-state index contributed by atoms with van der Waals surface area (Å²) in [4.78, 5) is 14.7. The van der Waals surface area contributed by atoms with Gasteiger partial charge >= 0.3 is 0 Å². The first-order valence-electron chi connectivity index (χ1n) is 9.27. The molecular weight excluding hydrogens is 358 g/mol. The normalized spacial score (nSPS) is 10.2. The highest BCUT2D eigenvalue weighted by atomic mass is 32.1. The lowest BCUT2D eigenvalue weighted by Crippen LogP contribution is -2.34. The Balaban J connectivity index is 1.94. The van der Waals surface area contributed by atoms with Gasteiger partial charge in [0, 0.05) is 30.0 Å². The molecule has 0 heterocycles. The molecule has 0 radical (unpaired) electrons. The lowest BCUT2D eigenvalue weighted by molar-refractivity contribution is 0.0977. The van der Waals surface area contributed by atoms with Crippen molar-refractivity contribution < 1.29 is 9.53 Å². The van der Waals surface area contributed by atoms with Crippen LogP contribution in [0.5, 0.6) is 5.75 Å². The molecule has 2 aromatic rings. The lowest BCUT2D eigenvalue weighted by Gasteiger charge is -2.21. The quantitative estimate of drug-likeness (QED) is 0.658. The molecule has 27 heavy (non-hydrogen) atoms. The number of carbonyl (C=O) groups excluding carboxylic acids is 1. The van der Waals surface area contributed by atoms with Crippen molar-refractivity contribution in [1.82, 2.24) is 5.32 Å². The molecule has 0 saturated carbocycles. The monoisotopic (exact) mass is 385 g/mol. The van der Waals surface area contributed by atoms with Crippen LogP contribution in [0.1, 0.15) is 37.6 Å².